The number of nitrogens with two attached hydrogens (primary N) is 1. The minimum Gasteiger partial charge on any atom is -0.493 e. The molecule has 1 rings (SSSR count). The first kappa shape index (κ1) is 13.3. The molecule has 0 saturated carbocycles. The SMILES string of the molecule is Cc1ccc(C(=N)N)cc1OCCC(F)(F)F. The second kappa shape index (κ2) is 5.07. The average Bonchev–Trinajstić information content (AvgIpc) is 2.18. The molecule has 0 unspecified atom stereocenters. The lowest BCUT2D eigenvalue weighted by Gasteiger charge is -2.11. The minimum absolute atomic E-state index is 0.148. The zero-order valence-corrected chi connectivity index (χ0v) is 9.27. The molecule has 1 aromatic rings. The fraction of sp³-hybridized carbons (Fsp3) is 0.364. The molecule has 6 heteroatoms. The van der Waals surface area contributed by atoms with Crippen molar-refractivity contribution in [2.24, 2.45) is 5.73 Å². The molecule has 0 bridgehead atoms. The summed E-state index contributed by atoms with van der Waals surface area (Å²) in [5.41, 5.74) is 6.41. The van der Waals surface area contributed by atoms with Crippen molar-refractivity contribution in [1.29, 1.82) is 5.41 Å². The minimum atomic E-state index is -4.23. The van der Waals surface area contributed by atoms with Crippen LogP contribution in [0.2, 0.25) is 0 Å². The van der Waals surface area contributed by atoms with E-state index in [2.05, 4.69) is 0 Å². The smallest absolute Gasteiger partial charge is 0.392 e. The maximum Gasteiger partial charge on any atom is 0.392 e. The van der Waals surface area contributed by atoms with Crippen molar-refractivity contribution >= 4 is 5.84 Å². The molecule has 0 atom stereocenters. The Bertz CT molecular complexity index is 416. The molecule has 3 nitrogen and oxygen atoms in total. The molecule has 0 amide bonds. The van der Waals surface area contributed by atoms with Crippen LogP contribution in [-0.2, 0) is 0 Å². The van der Waals surface area contributed by atoms with Gasteiger partial charge in [0.1, 0.15) is 11.6 Å². The Morgan fingerprint density at radius 2 is 2.06 bits per heavy atom. The molecule has 0 fully saturated rings. The Morgan fingerprint density at radius 1 is 1.41 bits per heavy atom. The number of nitrogens with one attached hydrogen (secondary N) is 1. The highest BCUT2D eigenvalue weighted by Crippen LogP contribution is 2.23. The second-order valence-corrected chi connectivity index (χ2v) is 3.61. The van der Waals surface area contributed by atoms with Crippen molar-refractivity contribution < 1.29 is 17.9 Å². The van der Waals surface area contributed by atoms with E-state index in [1.807, 2.05) is 0 Å². The number of halogens is 3. The van der Waals surface area contributed by atoms with Crippen LogP contribution in [0.15, 0.2) is 18.2 Å². The maximum atomic E-state index is 11.9. The molecule has 1 aromatic carbocycles. The second-order valence-electron chi connectivity index (χ2n) is 3.61. The van der Waals surface area contributed by atoms with Gasteiger partial charge in [-0.15, -0.1) is 0 Å². The molecular weight excluding hydrogens is 233 g/mol. The van der Waals surface area contributed by atoms with Crippen molar-refractivity contribution in [3.05, 3.63) is 29.3 Å². The third-order valence-electron chi connectivity index (χ3n) is 2.14. The summed E-state index contributed by atoms with van der Waals surface area (Å²) in [6.45, 7) is 1.28. The van der Waals surface area contributed by atoms with Crippen LogP contribution in [0.3, 0.4) is 0 Å². The largest absolute Gasteiger partial charge is 0.493 e. The van der Waals surface area contributed by atoms with Crippen LogP contribution in [0.4, 0.5) is 13.2 Å². The van der Waals surface area contributed by atoms with Gasteiger partial charge in [0.25, 0.3) is 0 Å². The van der Waals surface area contributed by atoms with Gasteiger partial charge >= 0.3 is 6.18 Å². The van der Waals surface area contributed by atoms with Crippen molar-refractivity contribution in [3.63, 3.8) is 0 Å². The first-order valence-electron chi connectivity index (χ1n) is 4.94. The number of nitrogen functional groups attached to an aromatic ring is 1. The van der Waals surface area contributed by atoms with Crippen LogP contribution in [0.25, 0.3) is 0 Å². The Hall–Kier alpha value is -1.72. The van der Waals surface area contributed by atoms with E-state index >= 15 is 0 Å². The molecular formula is C11H13F3N2O. The summed E-state index contributed by atoms with van der Waals surface area (Å²) in [5.74, 6) is 0.174. The van der Waals surface area contributed by atoms with E-state index in [0.29, 0.717) is 16.9 Å². The number of rotatable bonds is 4. The lowest BCUT2D eigenvalue weighted by Crippen LogP contribution is -2.14. The van der Waals surface area contributed by atoms with E-state index in [-0.39, 0.29) is 5.84 Å². The number of amidine groups is 1. The molecule has 0 aliphatic rings. The van der Waals surface area contributed by atoms with Gasteiger partial charge in [0.15, 0.2) is 0 Å². The topological polar surface area (TPSA) is 59.1 Å². The zero-order valence-electron chi connectivity index (χ0n) is 9.27. The van der Waals surface area contributed by atoms with Gasteiger partial charge < -0.3 is 10.5 Å². The first-order valence-corrected chi connectivity index (χ1v) is 4.94. The van der Waals surface area contributed by atoms with E-state index < -0.39 is 19.2 Å². The van der Waals surface area contributed by atoms with E-state index in [9.17, 15) is 13.2 Å². The highest BCUT2D eigenvalue weighted by Gasteiger charge is 2.26. The van der Waals surface area contributed by atoms with Gasteiger partial charge in [0.2, 0.25) is 0 Å². The molecule has 0 aromatic heterocycles. The highest BCUT2D eigenvalue weighted by molar-refractivity contribution is 5.95. The van der Waals surface area contributed by atoms with Crippen molar-refractivity contribution in [2.45, 2.75) is 19.5 Å². The van der Waals surface area contributed by atoms with Gasteiger partial charge in [-0.1, -0.05) is 12.1 Å². The maximum absolute atomic E-state index is 11.9. The van der Waals surface area contributed by atoms with Crippen molar-refractivity contribution in [3.8, 4) is 5.75 Å². The molecule has 0 saturated heterocycles. The Morgan fingerprint density at radius 3 is 2.59 bits per heavy atom. The van der Waals surface area contributed by atoms with E-state index in [0.717, 1.165) is 0 Å². The lowest BCUT2D eigenvalue weighted by atomic mass is 10.1. The van der Waals surface area contributed by atoms with Gasteiger partial charge in [-0.2, -0.15) is 13.2 Å². The quantitative estimate of drug-likeness (QED) is 0.633. The van der Waals surface area contributed by atoms with Crippen molar-refractivity contribution in [2.75, 3.05) is 6.61 Å². The molecule has 0 aliphatic carbocycles. The summed E-state index contributed by atoms with van der Waals surface area (Å²) < 4.78 is 40.8. The summed E-state index contributed by atoms with van der Waals surface area (Å²) >= 11 is 0. The lowest BCUT2D eigenvalue weighted by molar-refractivity contribution is -0.139. The molecule has 3 N–H and O–H groups in total. The van der Waals surface area contributed by atoms with Crippen LogP contribution >= 0.6 is 0 Å². The predicted octanol–water partition coefficient (Wildman–Crippen LogP) is 2.61. The molecule has 0 spiro atoms. The molecule has 0 heterocycles. The van der Waals surface area contributed by atoms with Crippen LogP contribution in [-0.4, -0.2) is 18.6 Å². The Balaban J connectivity index is 2.70. The molecule has 0 radical (unpaired) electrons. The summed E-state index contributed by atoms with van der Waals surface area (Å²) in [5, 5.41) is 7.22. The van der Waals surface area contributed by atoms with Gasteiger partial charge in [0, 0.05) is 5.56 Å². The number of hydrogen-bond donors (Lipinski definition) is 2. The third kappa shape index (κ3) is 4.34. The standard InChI is InChI=1S/C11H13F3N2O/c1-7-2-3-8(10(15)16)6-9(7)17-5-4-11(12,13)14/h2-3,6H,4-5H2,1H3,(H3,15,16). The van der Waals surface area contributed by atoms with E-state index in [1.165, 1.54) is 6.07 Å². The number of aryl methyl sites for hydroxylation is 1. The van der Waals surface area contributed by atoms with Crippen LogP contribution in [0.5, 0.6) is 5.75 Å². The van der Waals surface area contributed by atoms with Crippen molar-refractivity contribution in [1.82, 2.24) is 0 Å². The molecule has 94 valence electrons. The Kier molecular flexibility index (Phi) is 3.98. The normalized spacial score (nSPS) is 11.3. The van der Waals surface area contributed by atoms with Gasteiger partial charge in [0.05, 0.1) is 13.0 Å². The van der Waals surface area contributed by atoms with E-state index in [4.69, 9.17) is 15.9 Å². The number of benzene rings is 1. The van der Waals surface area contributed by atoms with E-state index in [1.54, 1.807) is 19.1 Å². The van der Waals surface area contributed by atoms with Crippen LogP contribution < -0.4 is 10.5 Å². The average molecular weight is 246 g/mol. The number of ether oxygens (including phenoxy) is 1. The number of hydrogen-bond acceptors (Lipinski definition) is 2. The predicted molar refractivity (Wildman–Crippen MR) is 58.4 cm³/mol. The Labute approximate surface area is 96.9 Å². The summed E-state index contributed by atoms with van der Waals surface area (Å²) in [6.07, 6.45) is -5.23. The van der Waals surface area contributed by atoms with Crippen LogP contribution in [0, 0.1) is 12.3 Å². The van der Waals surface area contributed by atoms with Crippen LogP contribution in [0.1, 0.15) is 17.5 Å². The first-order chi connectivity index (χ1) is 7.79. The third-order valence-corrected chi connectivity index (χ3v) is 2.14. The summed E-state index contributed by atoms with van der Waals surface area (Å²) in [7, 11) is 0. The fourth-order valence-corrected chi connectivity index (χ4v) is 1.20. The monoisotopic (exact) mass is 246 g/mol. The molecule has 17 heavy (non-hydrogen) atoms. The highest BCUT2D eigenvalue weighted by atomic mass is 19.4. The van der Waals surface area contributed by atoms with Gasteiger partial charge in [-0.3, -0.25) is 5.41 Å². The molecule has 0 aliphatic heterocycles. The van der Waals surface area contributed by atoms with Gasteiger partial charge in [-0.25, -0.2) is 0 Å². The van der Waals surface area contributed by atoms with Gasteiger partial charge in [-0.05, 0) is 18.6 Å². The summed E-state index contributed by atoms with van der Waals surface area (Å²) in [6, 6.07) is 4.74. The zero-order chi connectivity index (χ0) is 13.1. The summed E-state index contributed by atoms with van der Waals surface area (Å²) in [4.78, 5) is 0. The fourth-order valence-electron chi connectivity index (χ4n) is 1.20. The number of alkyl halides is 3.